The molecule has 0 aliphatic carbocycles. The van der Waals surface area contributed by atoms with Crippen LogP contribution in [-0.4, -0.2) is 32.3 Å². The maximum Gasteiger partial charge on any atom is 0.266 e. The van der Waals surface area contributed by atoms with E-state index < -0.39 is 5.91 Å². The molecule has 0 fully saturated rings. The van der Waals surface area contributed by atoms with Crippen molar-refractivity contribution in [3.8, 4) is 29.1 Å². The van der Waals surface area contributed by atoms with E-state index in [4.69, 9.17) is 14.2 Å². The van der Waals surface area contributed by atoms with E-state index in [2.05, 4.69) is 5.32 Å². The van der Waals surface area contributed by atoms with E-state index in [1.54, 1.807) is 12.1 Å². The van der Waals surface area contributed by atoms with E-state index in [1.165, 1.54) is 51.7 Å². The molecular weight excluding hydrogens is 336 g/mol. The average Bonchev–Trinajstić information content (AvgIpc) is 2.67. The van der Waals surface area contributed by atoms with Gasteiger partial charge in [0.25, 0.3) is 5.91 Å². The van der Waals surface area contributed by atoms with E-state index in [1.807, 2.05) is 6.07 Å². The predicted molar refractivity (Wildman–Crippen MR) is 96.4 cm³/mol. The van der Waals surface area contributed by atoms with Crippen LogP contribution in [0.1, 0.15) is 5.56 Å². The van der Waals surface area contributed by atoms with Crippen molar-refractivity contribution in [2.75, 3.05) is 26.6 Å². The van der Waals surface area contributed by atoms with Crippen molar-refractivity contribution in [3.05, 3.63) is 47.5 Å². The van der Waals surface area contributed by atoms with E-state index in [9.17, 15) is 15.2 Å². The summed E-state index contributed by atoms with van der Waals surface area (Å²) in [6.45, 7) is 0. The Morgan fingerprint density at radius 2 is 1.65 bits per heavy atom. The molecule has 0 atom stereocenters. The summed E-state index contributed by atoms with van der Waals surface area (Å²) in [4.78, 5) is 12.4. The summed E-state index contributed by atoms with van der Waals surface area (Å²) in [5.41, 5.74) is 0.746. The summed E-state index contributed by atoms with van der Waals surface area (Å²) in [6.07, 6.45) is 1.38. The number of aromatic hydroxyl groups is 1. The van der Waals surface area contributed by atoms with Gasteiger partial charge in [-0.1, -0.05) is 0 Å². The van der Waals surface area contributed by atoms with Gasteiger partial charge < -0.3 is 24.6 Å². The highest BCUT2D eigenvalue weighted by Crippen LogP contribution is 2.35. The van der Waals surface area contributed by atoms with Crippen LogP contribution in [0.25, 0.3) is 6.08 Å². The second-order valence-corrected chi connectivity index (χ2v) is 5.12. The minimum Gasteiger partial charge on any atom is -0.508 e. The van der Waals surface area contributed by atoms with Crippen molar-refractivity contribution in [3.63, 3.8) is 0 Å². The first-order valence-electron chi connectivity index (χ1n) is 7.54. The van der Waals surface area contributed by atoms with Crippen LogP contribution in [-0.2, 0) is 4.79 Å². The van der Waals surface area contributed by atoms with Crippen molar-refractivity contribution in [1.82, 2.24) is 0 Å². The summed E-state index contributed by atoms with van der Waals surface area (Å²) >= 11 is 0. The van der Waals surface area contributed by atoms with Gasteiger partial charge in [0.2, 0.25) is 0 Å². The molecule has 7 nitrogen and oxygen atoms in total. The molecule has 0 aromatic heterocycles. The number of nitrogens with one attached hydrogen (secondary N) is 1. The minimum atomic E-state index is -0.599. The van der Waals surface area contributed by atoms with Crippen LogP contribution in [0.5, 0.6) is 23.0 Å². The lowest BCUT2D eigenvalue weighted by Crippen LogP contribution is -2.13. The number of anilines is 1. The molecule has 2 aromatic rings. The van der Waals surface area contributed by atoms with Crippen LogP contribution in [0.15, 0.2) is 42.0 Å². The first kappa shape index (κ1) is 18.7. The van der Waals surface area contributed by atoms with Crippen molar-refractivity contribution in [1.29, 1.82) is 5.26 Å². The lowest BCUT2D eigenvalue weighted by Gasteiger charge is -2.13. The third-order valence-corrected chi connectivity index (χ3v) is 3.53. The van der Waals surface area contributed by atoms with Crippen LogP contribution in [0.2, 0.25) is 0 Å². The molecule has 26 heavy (non-hydrogen) atoms. The Morgan fingerprint density at radius 1 is 1.08 bits per heavy atom. The number of nitrogens with zero attached hydrogens (tertiary/aromatic N) is 1. The number of carbonyl (C=O) groups excluding carboxylic acids is 1. The monoisotopic (exact) mass is 354 g/mol. The number of methoxy groups -OCH3 is 3. The van der Waals surface area contributed by atoms with Gasteiger partial charge in [0.05, 0.1) is 26.9 Å². The van der Waals surface area contributed by atoms with Gasteiger partial charge in [-0.3, -0.25) is 4.79 Å². The smallest absolute Gasteiger partial charge is 0.266 e. The molecule has 0 spiro atoms. The van der Waals surface area contributed by atoms with Gasteiger partial charge in [-0.25, -0.2) is 0 Å². The van der Waals surface area contributed by atoms with E-state index in [-0.39, 0.29) is 11.3 Å². The fraction of sp³-hybridized carbons (Fsp3) is 0.158. The molecule has 134 valence electrons. The largest absolute Gasteiger partial charge is 0.508 e. The zero-order valence-corrected chi connectivity index (χ0v) is 14.6. The topological polar surface area (TPSA) is 101 Å². The second kappa shape index (κ2) is 8.44. The third-order valence-electron chi connectivity index (χ3n) is 3.53. The maximum atomic E-state index is 12.4. The zero-order valence-electron chi connectivity index (χ0n) is 14.6. The van der Waals surface area contributed by atoms with Crippen molar-refractivity contribution < 1.29 is 24.1 Å². The quantitative estimate of drug-likeness (QED) is 0.470. The highest BCUT2D eigenvalue weighted by molar-refractivity contribution is 6.10. The van der Waals surface area contributed by atoms with Gasteiger partial charge in [0.1, 0.15) is 34.6 Å². The minimum absolute atomic E-state index is 0.0757. The number of amides is 1. The lowest BCUT2D eigenvalue weighted by atomic mass is 10.1. The molecule has 7 heteroatoms. The number of hydrogen-bond acceptors (Lipinski definition) is 6. The highest BCUT2D eigenvalue weighted by Gasteiger charge is 2.16. The Labute approximate surface area is 151 Å². The average molecular weight is 354 g/mol. The molecular formula is C19H18N2O5. The number of ether oxygens (including phenoxy) is 3. The van der Waals surface area contributed by atoms with Gasteiger partial charge in [0.15, 0.2) is 0 Å². The Bertz CT molecular complexity index is 841. The number of hydrogen-bond donors (Lipinski definition) is 2. The van der Waals surface area contributed by atoms with Crippen LogP contribution in [0, 0.1) is 11.3 Å². The molecule has 0 unspecified atom stereocenters. The van der Waals surface area contributed by atoms with Crippen LogP contribution in [0.4, 0.5) is 5.69 Å². The predicted octanol–water partition coefficient (Wildman–Crippen LogP) is 2.96. The molecule has 2 aromatic carbocycles. The normalized spacial score (nSPS) is 10.6. The maximum absolute atomic E-state index is 12.4. The van der Waals surface area contributed by atoms with Crippen molar-refractivity contribution in [2.24, 2.45) is 0 Å². The first-order valence-corrected chi connectivity index (χ1v) is 7.54. The molecule has 2 rings (SSSR count). The molecule has 0 aliphatic rings. The Hall–Kier alpha value is -3.66. The highest BCUT2D eigenvalue weighted by atomic mass is 16.5. The van der Waals surface area contributed by atoms with Crippen LogP contribution >= 0.6 is 0 Å². The summed E-state index contributed by atoms with van der Waals surface area (Å²) in [5.74, 6) is 0.783. The van der Waals surface area contributed by atoms with E-state index in [0.29, 0.717) is 28.5 Å². The number of nitriles is 1. The van der Waals surface area contributed by atoms with Gasteiger partial charge in [-0.15, -0.1) is 0 Å². The van der Waals surface area contributed by atoms with Gasteiger partial charge >= 0.3 is 0 Å². The van der Waals surface area contributed by atoms with Crippen LogP contribution < -0.4 is 19.5 Å². The SMILES string of the molecule is COc1cc(OC)c(/C=C(/C#N)C(=O)Nc2ccc(O)cc2)c(OC)c1. The van der Waals surface area contributed by atoms with E-state index in [0.717, 1.165) is 0 Å². The van der Waals surface area contributed by atoms with E-state index >= 15 is 0 Å². The third kappa shape index (κ3) is 4.24. The standard InChI is InChI=1S/C19H18N2O5/c1-24-15-9-17(25-2)16(18(10-15)26-3)8-12(11-20)19(23)21-13-4-6-14(22)7-5-13/h4-10,22H,1-3H3,(H,21,23)/b12-8-. The van der Waals surface area contributed by atoms with Crippen molar-refractivity contribution >= 4 is 17.7 Å². The Morgan fingerprint density at radius 3 is 2.12 bits per heavy atom. The fourth-order valence-electron chi connectivity index (χ4n) is 2.21. The number of phenols is 1. The summed E-state index contributed by atoms with van der Waals surface area (Å²) in [5, 5.41) is 21.3. The van der Waals surface area contributed by atoms with Gasteiger partial charge in [-0.05, 0) is 30.3 Å². The number of carbonyl (C=O) groups is 1. The summed E-state index contributed by atoms with van der Waals surface area (Å²) < 4.78 is 15.8. The fourth-order valence-corrected chi connectivity index (χ4v) is 2.21. The van der Waals surface area contributed by atoms with Gasteiger partial charge in [-0.2, -0.15) is 5.26 Å². The molecule has 0 saturated carbocycles. The second-order valence-electron chi connectivity index (χ2n) is 5.12. The Balaban J connectivity index is 2.40. The van der Waals surface area contributed by atoms with Gasteiger partial charge in [0, 0.05) is 17.8 Å². The zero-order chi connectivity index (χ0) is 19.1. The molecule has 0 radical (unpaired) electrons. The number of phenolic OH excluding ortho intramolecular Hbond substituents is 1. The summed E-state index contributed by atoms with van der Waals surface area (Å²) in [7, 11) is 4.44. The molecule has 2 N–H and O–H groups in total. The number of benzene rings is 2. The summed E-state index contributed by atoms with van der Waals surface area (Å²) in [6, 6.07) is 11.0. The molecule has 0 heterocycles. The van der Waals surface area contributed by atoms with Crippen LogP contribution in [0.3, 0.4) is 0 Å². The molecule has 0 bridgehead atoms. The first-order chi connectivity index (χ1) is 12.5. The molecule has 0 saturated heterocycles. The van der Waals surface area contributed by atoms with Crippen molar-refractivity contribution in [2.45, 2.75) is 0 Å². The lowest BCUT2D eigenvalue weighted by molar-refractivity contribution is -0.112. The molecule has 1 amide bonds. The Kier molecular flexibility index (Phi) is 6.06. The molecule has 0 aliphatic heterocycles. The number of rotatable bonds is 6.